The molecule has 3 N–H and O–H groups in total. The first-order chi connectivity index (χ1) is 33.0. The predicted octanol–water partition coefficient (Wildman–Crippen LogP) is 17.7. The van der Waals surface area contributed by atoms with Gasteiger partial charge in [0, 0.05) is 6.42 Å². The molecule has 1 amide bonds. The van der Waals surface area contributed by atoms with Crippen LogP contribution in [0.4, 0.5) is 0 Å². The third-order valence-corrected chi connectivity index (χ3v) is 12.8. The van der Waals surface area contributed by atoms with Crippen LogP contribution in [0.15, 0.2) is 72.9 Å². The molecule has 0 saturated carbocycles. The molecule has 67 heavy (non-hydrogen) atoms. The van der Waals surface area contributed by atoms with Crippen molar-refractivity contribution >= 4 is 11.9 Å². The average molecular weight is 937 g/mol. The summed E-state index contributed by atoms with van der Waals surface area (Å²) >= 11 is 0. The molecule has 0 aromatic carbocycles. The van der Waals surface area contributed by atoms with E-state index in [1.807, 2.05) is 0 Å². The lowest BCUT2D eigenvalue weighted by molar-refractivity contribution is -0.151. The minimum Gasteiger partial charge on any atom is -0.462 e. The molecule has 6 nitrogen and oxygen atoms in total. The minimum atomic E-state index is -0.801. The highest BCUT2D eigenvalue weighted by Gasteiger charge is 2.24. The van der Waals surface area contributed by atoms with Crippen molar-refractivity contribution in [2.75, 3.05) is 6.61 Å². The molecule has 0 heterocycles. The molecule has 0 radical (unpaired) electrons. The zero-order valence-corrected chi connectivity index (χ0v) is 44.3. The average Bonchev–Trinajstić information content (AvgIpc) is 3.32. The number of unbranched alkanes of at least 4 members (excludes halogenated alkanes) is 29. The Bertz CT molecular complexity index is 1230. The largest absolute Gasteiger partial charge is 0.462 e. The van der Waals surface area contributed by atoms with Gasteiger partial charge >= 0.3 is 5.97 Å². The number of rotatable bonds is 51. The molecule has 0 aliphatic carbocycles. The Labute approximate surface area is 415 Å². The molecular weight excluding hydrogens is 827 g/mol. The zero-order valence-electron chi connectivity index (χ0n) is 44.3. The second-order valence-electron chi connectivity index (χ2n) is 19.4. The van der Waals surface area contributed by atoms with Crippen LogP contribution in [0.1, 0.15) is 278 Å². The zero-order chi connectivity index (χ0) is 48.8. The summed E-state index contributed by atoms with van der Waals surface area (Å²) in [4.78, 5) is 26.3. The van der Waals surface area contributed by atoms with Gasteiger partial charge in [0.15, 0.2) is 0 Å². The SMILES string of the molecule is CC/C=C/C/C=C/C/C=C/CCCCCCC(CC(=O)NC(CO)C(O)CCCCCCCCCCCCCCCCCC)OC(=O)CCCCCCC/C=C/C=C/C=C/CCCCCCC. The molecule has 0 spiro atoms. The van der Waals surface area contributed by atoms with Gasteiger partial charge in [-0.2, -0.15) is 0 Å². The van der Waals surface area contributed by atoms with Crippen LogP contribution < -0.4 is 5.32 Å². The van der Waals surface area contributed by atoms with E-state index in [-0.39, 0.29) is 24.9 Å². The van der Waals surface area contributed by atoms with Crippen molar-refractivity contribution in [2.24, 2.45) is 0 Å². The van der Waals surface area contributed by atoms with Gasteiger partial charge in [0.2, 0.25) is 5.91 Å². The summed E-state index contributed by atoms with van der Waals surface area (Å²) in [5.41, 5.74) is 0. The molecule has 0 fully saturated rings. The fraction of sp³-hybridized carbons (Fsp3) is 0.770. The topological polar surface area (TPSA) is 95.9 Å². The summed E-state index contributed by atoms with van der Waals surface area (Å²) in [5, 5.41) is 23.9. The number of hydrogen-bond acceptors (Lipinski definition) is 5. The number of carbonyl (C=O) groups is 2. The van der Waals surface area contributed by atoms with E-state index in [9.17, 15) is 19.8 Å². The summed E-state index contributed by atoms with van der Waals surface area (Å²) in [7, 11) is 0. The second kappa shape index (κ2) is 54.2. The first kappa shape index (κ1) is 64.3. The van der Waals surface area contributed by atoms with Gasteiger partial charge in [-0.1, -0.05) is 254 Å². The van der Waals surface area contributed by atoms with Gasteiger partial charge in [-0.3, -0.25) is 9.59 Å². The minimum absolute atomic E-state index is 0.0522. The normalized spacial score (nSPS) is 13.7. The van der Waals surface area contributed by atoms with E-state index in [1.165, 1.54) is 122 Å². The number of allylic oxidation sites excluding steroid dienone is 12. The maximum atomic E-state index is 13.3. The molecule has 3 atom stereocenters. The summed E-state index contributed by atoms with van der Waals surface area (Å²) in [6.45, 7) is 6.37. The Morgan fingerprint density at radius 2 is 0.866 bits per heavy atom. The van der Waals surface area contributed by atoms with Gasteiger partial charge in [-0.25, -0.2) is 0 Å². The fourth-order valence-electron chi connectivity index (χ4n) is 8.51. The van der Waals surface area contributed by atoms with Crippen molar-refractivity contribution in [3.8, 4) is 0 Å². The Morgan fingerprint density at radius 3 is 1.34 bits per heavy atom. The lowest BCUT2D eigenvalue weighted by Gasteiger charge is -2.24. The molecule has 388 valence electrons. The van der Waals surface area contributed by atoms with Crippen molar-refractivity contribution in [3.63, 3.8) is 0 Å². The molecule has 0 bridgehead atoms. The first-order valence-corrected chi connectivity index (χ1v) is 28.7. The van der Waals surface area contributed by atoms with Crippen LogP contribution in [-0.4, -0.2) is 46.9 Å². The Morgan fingerprint density at radius 1 is 0.463 bits per heavy atom. The van der Waals surface area contributed by atoms with Crippen LogP contribution in [0.5, 0.6) is 0 Å². The molecule has 0 aliphatic rings. The summed E-state index contributed by atoms with van der Waals surface area (Å²) in [6, 6.07) is -0.717. The molecule has 0 rings (SSSR count). The highest BCUT2D eigenvalue weighted by molar-refractivity contribution is 5.77. The van der Waals surface area contributed by atoms with Crippen LogP contribution >= 0.6 is 0 Å². The molecule has 0 saturated heterocycles. The van der Waals surface area contributed by atoms with Gasteiger partial charge < -0.3 is 20.3 Å². The number of aliphatic hydroxyl groups is 2. The van der Waals surface area contributed by atoms with Crippen LogP contribution in [0, 0.1) is 0 Å². The molecule has 0 aromatic rings. The van der Waals surface area contributed by atoms with E-state index in [0.29, 0.717) is 19.3 Å². The Hall–Kier alpha value is -2.70. The van der Waals surface area contributed by atoms with E-state index in [2.05, 4.69) is 99.0 Å². The highest BCUT2D eigenvalue weighted by Crippen LogP contribution is 2.18. The summed E-state index contributed by atoms with van der Waals surface area (Å²) in [5.74, 6) is -0.515. The number of hydrogen-bond donors (Lipinski definition) is 3. The third kappa shape index (κ3) is 49.5. The molecule has 0 aliphatic heterocycles. The lowest BCUT2D eigenvalue weighted by Crippen LogP contribution is -2.46. The van der Waals surface area contributed by atoms with E-state index < -0.39 is 18.2 Å². The smallest absolute Gasteiger partial charge is 0.306 e. The second-order valence-corrected chi connectivity index (χ2v) is 19.4. The van der Waals surface area contributed by atoms with Gasteiger partial charge in [-0.15, -0.1) is 0 Å². The molecule has 0 aromatic heterocycles. The third-order valence-electron chi connectivity index (χ3n) is 12.8. The maximum absolute atomic E-state index is 13.3. The van der Waals surface area contributed by atoms with Gasteiger partial charge in [0.05, 0.1) is 25.2 Å². The predicted molar refractivity (Wildman–Crippen MR) is 291 cm³/mol. The van der Waals surface area contributed by atoms with Crippen molar-refractivity contribution in [1.29, 1.82) is 0 Å². The first-order valence-electron chi connectivity index (χ1n) is 28.7. The van der Waals surface area contributed by atoms with Crippen LogP contribution in [0.3, 0.4) is 0 Å². The van der Waals surface area contributed by atoms with Crippen LogP contribution in [-0.2, 0) is 14.3 Å². The quantitative estimate of drug-likeness (QED) is 0.0244. The Kier molecular flexibility index (Phi) is 52.1. The lowest BCUT2D eigenvalue weighted by atomic mass is 10.0. The fourth-order valence-corrected chi connectivity index (χ4v) is 8.51. The standard InChI is InChI=1S/C61H109NO5/c1-4-7-10-13-16-19-22-25-28-30-31-33-36-39-42-45-48-51-54-61(66)67-57(52-49-46-43-40-37-34-27-24-21-18-15-12-9-6-3)55-60(65)62-58(56-63)59(64)53-50-47-44-41-38-35-32-29-26-23-20-17-14-11-8-5-2/h9,12,18,21-22,25,27-28,30-31,33-34,57-59,63-64H,4-8,10-11,13-17,19-20,23-24,26,29,32,35-56H2,1-3H3,(H,62,65)/b12-9+,21-18+,25-22+,30-28+,33-31+,34-27+. The van der Waals surface area contributed by atoms with Crippen molar-refractivity contribution in [3.05, 3.63) is 72.9 Å². The van der Waals surface area contributed by atoms with E-state index >= 15 is 0 Å². The summed E-state index contributed by atoms with van der Waals surface area (Å²) in [6.07, 6.45) is 69.6. The number of amides is 1. The monoisotopic (exact) mass is 936 g/mol. The van der Waals surface area contributed by atoms with Gasteiger partial charge in [-0.05, 0) is 83.5 Å². The van der Waals surface area contributed by atoms with Crippen molar-refractivity contribution in [1.82, 2.24) is 5.32 Å². The molecule has 6 heteroatoms. The van der Waals surface area contributed by atoms with Gasteiger partial charge in [0.1, 0.15) is 6.10 Å². The van der Waals surface area contributed by atoms with Crippen molar-refractivity contribution < 1.29 is 24.5 Å². The number of esters is 1. The number of ether oxygens (including phenoxy) is 1. The molecule has 3 unspecified atom stereocenters. The number of carbonyl (C=O) groups excluding carboxylic acids is 2. The maximum Gasteiger partial charge on any atom is 0.306 e. The van der Waals surface area contributed by atoms with Crippen LogP contribution in [0.25, 0.3) is 0 Å². The molecular formula is C61H109NO5. The van der Waals surface area contributed by atoms with Gasteiger partial charge in [0.25, 0.3) is 0 Å². The van der Waals surface area contributed by atoms with Crippen molar-refractivity contribution in [2.45, 2.75) is 296 Å². The number of aliphatic hydroxyl groups excluding tert-OH is 2. The Balaban J connectivity index is 4.60. The summed E-state index contributed by atoms with van der Waals surface area (Å²) < 4.78 is 5.94. The highest BCUT2D eigenvalue weighted by atomic mass is 16.5. The van der Waals surface area contributed by atoms with E-state index in [0.717, 1.165) is 109 Å². The van der Waals surface area contributed by atoms with E-state index in [4.69, 9.17) is 4.74 Å². The number of nitrogens with one attached hydrogen (secondary N) is 1. The van der Waals surface area contributed by atoms with E-state index in [1.54, 1.807) is 0 Å². The van der Waals surface area contributed by atoms with Crippen LogP contribution in [0.2, 0.25) is 0 Å².